The minimum atomic E-state index is -0.982. The minimum Gasteiger partial charge on any atom is -0.478 e. The molecule has 0 spiro atoms. The quantitative estimate of drug-likeness (QED) is 0.360. The van der Waals surface area contributed by atoms with Gasteiger partial charge in [-0.15, -0.1) is 0 Å². The van der Waals surface area contributed by atoms with Gasteiger partial charge in [-0.25, -0.2) is 9.59 Å². The number of carboxylic acids is 2. The topological polar surface area (TPSA) is 145 Å². The van der Waals surface area contributed by atoms with Gasteiger partial charge in [-0.1, -0.05) is 24.3 Å². The summed E-state index contributed by atoms with van der Waals surface area (Å²) in [6, 6.07) is 13.0. The van der Waals surface area contributed by atoms with Crippen molar-refractivity contribution in [2.75, 3.05) is 26.2 Å². The Kier molecular flexibility index (Phi) is 8.15. The van der Waals surface area contributed by atoms with Crippen LogP contribution in [0.25, 0.3) is 0 Å². The molecule has 5 N–H and O–H groups in total. The summed E-state index contributed by atoms with van der Waals surface area (Å²) in [5.41, 5.74) is 2.25. The van der Waals surface area contributed by atoms with E-state index >= 15 is 0 Å². The summed E-state index contributed by atoms with van der Waals surface area (Å²) in [6.45, 7) is 1.63. The van der Waals surface area contributed by atoms with Gasteiger partial charge in [0.2, 0.25) is 11.8 Å². The Morgan fingerprint density at radius 3 is 1.39 bits per heavy atom. The van der Waals surface area contributed by atoms with Crippen molar-refractivity contribution in [2.24, 2.45) is 11.8 Å². The zero-order valence-electron chi connectivity index (χ0n) is 18.0. The number of aromatic carboxylic acids is 2. The Morgan fingerprint density at radius 2 is 1.06 bits per heavy atom. The van der Waals surface area contributed by atoms with Crippen LogP contribution < -0.4 is 16.0 Å². The number of nitrogens with one attached hydrogen (secondary N) is 3. The van der Waals surface area contributed by atoms with Gasteiger partial charge in [-0.2, -0.15) is 0 Å². The third kappa shape index (κ3) is 6.63. The van der Waals surface area contributed by atoms with Crippen LogP contribution in [0.4, 0.5) is 0 Å². The zero-order valence-corrected chi connectivity index (χ0v) is 18.0. The molecule has 2 amide bonds. The minimum absolute atomic E-state index is 0.188. The smallest absolute Gasteiger partial charge is 0.335 e. The molecule has 0 saturated carbocycles. The Labute approximate surface area is 191 Å². The summed E-state index contributed by atoms with van der Waals surface area (Å²) in [5, 5.41) is 26.7. The number of rotatable bonds is 10. The first-order chi connectivity index (χ1) is 15.8. The Morgan fingerprint density at radius 1 is 0.697 bits per heavy atom. The van der Waals surface area contributed by atoms with Crippen LogP contribution in [0, 0.1) is 11.8 Å². The summed E-state index contributed by atoms with van der Waals surface area (Å²) >= 11 is 0. The fourth-order valence-corrected chi connectivity index (χ4v) is 3.78. The average molecular weight is 453 g/mol. The normalized spacial score (nSPS) is 17.3. The monoisotopic (exact) mass is 453 g/mol. The van der Waals surface area contributed by atoms with Crippen LogP contribution in [0.15, 0.2) is 48.5 Å². The number of amides is 2. The number of carboxylic acid groups (broad SMARTS) is 2. The average Bonchev–Trinajstić information content (AvgIpc) is 3.30. The summed E-state index contributed by atoms with van der Waals surface area (Å²) in [6.07, 6.45) is 1.12. The van der Waals surface area contributed by atoms with Crippen molar-refractivity contribution in [1.82, 2.24) is 16.0 Å². The highest BCUT2D eigenvalue weighted by atomic mass is 16.4. The molecule has 1 fully saturated rings. The molecule has 0 radical (unpaired) electrons. The van der Waals surface area contributed by atoms with E-state index in [4.69, 9.17) is 10.2 Å². The first-order valence-electron chi connectivity index (χ1n) is 10.8. The van der Waals surface area contributed by atoms with Crippen LogP contribution in [-0.2, 0) is 22.4 Å². The third-order valence-corrected chi connectivity index (χ3v) is 5.72. The van der Waals surface area contributed by atoms with Crippen LogP contribution in [0.5, 0.6) is 0 Å². The number of carbonyl (C=O) groups is 4. The lowest BCUT2D eigenvalue weighted by atomic mass is 9.94. The highest BCUT2D eigenvalue weighted by Crippen LogP contribution is 2.17. The molecule has 0 unspecified atom stereocenters. The SMILES string of the molecule is O=C(O)c1ccc(CCNC(=O)[C@@H]2CNC[C@H]2C(=O)NCCc2ccc(C(=O)O)cc2)cc1. The predicted molar refractivity (Wildman–Crippen MR) is 120 cm³/mol. The van der Waals surface area contributed by atoms with Crippen molar-refractivity contribution in [3.8, 4) is 0 Å². The van der Waals surface area contributed by atoms with E-state index in [9.17, 15) is 19.2 Å². The zero-order chi connectivity index (χ0) is 23.8. The molecule has 0 aromatic heterocycles. The maximum Gasteiger partial charge on any atom is 0.335 e. The molecule has 1 aliphatic heterocycles. The van der Waals surface area contributed by atoms with E-state index in [1.807, 2.05) is 0 Å². The molecular formula is C24H27N3O6. The molecule has 3 rings (SSSR count). The van der Waals surface area contributed by atoms with Gasteiger partial charge >= 0.3 is 11.9 Å². The number of hydrogen-bond donors (Lipinski definition) is 5. The van der Waals surface area contributed by atoms with Gasteiger partial charge in [0.05, 0.1) is 23.0 Å². The fourth-order valence-electron chi connectivity index (χ4n) is 3.78. The molecule has 0 bridgehead atoms. The van der Waals surface area contributed by atoms with Crippen molar-refractivity contribution in [2.45, 2.75) is 12.8 Å². The van der Waals surface area contributed by atoms with E-state index in [1.165, 1.54) is 24.3 Å². The van der Waals surface area contributed by atoms with E-state index < -0.39 is 23.8 Å². The molecule has 2 atom stereocenters. The standard InChI is InChI=1S/C24H27N3O6/c28-21(26-11-9-15-1-5-17(6-2-15)23(30)31)19-13-25-14-20(19)22(29)27-12-10-16-3-7-18(8-4-16)24(32)33/h1-8,19-20,25H,9-14H2,(H,26,28)(H,27,29)(H,30,31)(H,32,33)/t19-,20-/m1/s1. The molecule has 2 aromatic rings. The molecule has 9 nitrogen and oxygen atoms in total. The maximum atomic E-state index is 12.6. The molecule has 174 valence electrons. The summed E-state index contributed by atoms with van der Waals surface area (Å²) in [5.74, 6) is -3.27. The van der Waals surface area contributed by atoms with Gasteiger partial charge in [0, 0.05) is 26.2 Å². The van der Waals surface area contributed by atoms with Gasteiger partial charge in [0.25, 0.3) is 0 Å². The molecule has 1 heterocycles. The van der Waals surface area contributed by atoms with Crippen LogP contribution in [0.3, 0.4) is 0 Å². The lowest BCUT2D eigenvalue weighted by Crippen LogP contribution is -2.42. The molecular weight excluding hydrogens is 426 g/mol. The van der Waals surface area contributed by atoms with E-state index in [1.54, 1.807) is 24.3 Å². The summed E-state index contributed by atoms with van der Waals surface area (Å²) < 4.78 is 0. The van der Waals surface area contributed by atoms with E-state index in [0.717, 1.165) is 11.1 Å². The van der Waals surface area contributed by atoms with Crippen molar-refractivity contribution >= 4 is 23.8 Å². The van der Waals surface area contributed by atoms with Gasteiger partial charge in [-0.05, 0) is 48.2 Å². The van der Waals surface area contributed by atoms with E-state index in [0.29, 0.717) is 39.0 Å². The first-order valence-corrected chi connectivity index (χ1v) is 10.8. The molecule has 1 saturated heterocycles. The summed E-state index contributed by atoms with van der Waals surface area (Å²) in [4.78, 5) is 47.1. The number of carbonyl (C=O) groups excluding carboxylic acids is 2. The highest BCUT2D eigenvalue weighted by molar-refractivity contribution is 5.89. The Balaban J connectivity index is 1.42. The van der Waals surface area contributed by atoms with Crippen LogP contribution in [0.1, 0.15) is 31.8 Å². The van der Waals surface area contributed by atoms with Gasteiger partial charge in [0.1, 0.15) is 0 Å². The molecule has 0 aliphatic carbocycles. The highest BCUT2D eigenvalue weighted by Gasteiger charge is 2.37. The summed E-state index contributed by atoms with van der Waals surface area (Å²) in [7, 11) is 0. The molecule has 33 heavy (non-hydrogen) atoms. The second kappa shape index (κ2) is 11.2. The second-order valence-electron chi connectivity index (χ2n) is 7.96. The van der Waals surface area contributed by atoms with E-state index in [2.05, 4.69) is 16.0 Å². The first kappa shape index (κ1) is 23.9. The molecule has 1 aliphatic rings. The lowest BCUT2D eigenvalue weighted by molar-refractivity contribution is -0.132. The fraction of sp³-hybridized carbons (Fsp3) is 0.333. The van der Waals surface area contributed by atoms with Crippen LogP contribution >= 0.6 is 0 Å². The van der Waals surface area contributed by atoms with E-state index in [-0.39, 0.29) is 22.9 Å². The lowest BCUT2D eigenvalue weighted by Gasteiger charge is -2.18. The largest absolute Gasteiger partial charge is 0.478 e. The third-order valence-electron chi connectivity index (χ3n) is 5.72. The van der Waals surface area contributed by atoms with Gasteiger partial charge in [0.15, 0.2) is 0 Å². The predicted octanol–water partition coefficient (Wildman–Crippen LogP) is 0.936. The van der Waals surface area contributed by atoms with Crippen LogP contribution in [-0.4, -0.2) is 60.1 Å². The van der Waals surface area contributed by atoms with Crippen molar-refractivity contribution < 1.29 is 29.4 Å². The van der Waals surface area contributed by atoms with Crippen molar-refractivity contribution in [3.05, 3.63) is 70.8 Å². The van der Waals surface area contributed by atoms with Gasteiger partial charge in [-0.3, -0.25) is 9.59 Å². The van der Waals surface area contributed by atoms with Gasteiger partial charge < -0.3 is 26.2 Å². The van der Waals surface area contributed by atoms with Crippen molar-refractivity contribution in [3.63, 3.8) is 0 Å². The molecule has 9 heteroatoms. The maximum absolute atomic E-state index is 12.6. The molecule has 2 aromatic carbocycles. The second-order valence-corrected chi connectivity index (χ2v) is 7.96. The Hall–Kier alpha value is -3.72. The Bertz CT molecular complexity index is 922. The van der Waals surface area contributed by atoms with Crippen molar-refractivity contribution in [1.29, 1.82) is 0 Å². The number of hydrogen-bond acceptors (Lipinski definition) is 5. The number of benzene rings is 2. The van der Waals surface area contributed by atoms with Crippen LogP contribution in [0.2, 0.25) is 0 Å².